The Balaban J connectivity index is 1.16. The Hall–Kier alpha value is -4.13. The van der Waals surface area contributed by atoms with Crippen LogP contribution in [0.1, 0.15) is 29.7 Å². The summed E-state index contributed by atoms with van der Waals surface area (Å²) in [4.78, 5) is 27.3. The molecule has 4 heterocycles. The molecular formula is C31H30N4O3. The number of ether oxygens (including phenoxy) is 2. The second-order valence-electron chi connectivity index (χ2n) is 10.4. The molecule has 1 aromatic heterocycles. The number of piperidine rings is 1. The number of rotatable bonds is 3. The van der Waals surface area contributed by atoms with E-state index < -0.39 is 0 Å². The molecule has 3 aliphatic heterocycles. The molecule has 1 unspecified atom stereocenters. The van der Waals surface area contributed by atoms with Crippen LogP contribution in [0.25, 0.3) is 22.0 Å². The summed E-state index contributed by atoms with van der Waals surface area (Å²) in [5.41, 5.74) is 6.35. The van der Waals surface area contributed by atoms with Gasteiger partial charge in [-0.2, -0.15) is 0 Å². The lowest BCUT2D eigenvalue weighted by molar-refractivity contribution is -0.134. The predicted octanol–water partition coefficient (Wildman–Crippen LogP) is 4.93. The molecule has 7 heteroatoms. The largest absolute Gasteiger partial charge is 0.486 e. The molecule has 0 saturated carbocycles. The Kier molecular flexibility index (Phi) is 5.64. The highest BCUT2D eigenvalue weighted by Gasteiger charge is 2.33. The van der Waals surface area contributed by atoms with Crippen molar-refractivity contribution >= 4 is 22.8 Å². The van der Waals surface area contributed by atoms with Crippen LogP contribution in [0.3, 0.4) is 0 Å². The first kappa shape index (κ1) is 23.0. The molecule has 0 N–H and O–H groups in total. The Labute approximate surface area is 222 Å². The van der Waals surface area contributed by atoms with E-state index in [2.05, 4.69) is 52.3 Å². The summed E-state index contributed by atoms with van der Waals surface area (Å²) in [5.74, 6) is 2.54. The van der Waals surface area contributed by atoms with Gasteiger partial charge in [0.25, 0.3) is 0 Å². The van der Waals surface area contributed by atoms with Crippen molar-refractivity contribution in [2.75, 3.05) is 31.2 Å². The molecule has 1 fully saturated rings. The maximum Gasteiger partial charge on any atom is 0.227 e. The number of fused-ring (bicyclic) bond motifs is 3. The van der Waals surface area contributed by atoms with Crippen LogP contribution in [0.15, 0.2) is 60.7 Å². The van der Waals surface area contributed by atoms with E-state index in [1.165, 1.54) is 5.56 Å². The lowest BCUT2D eigenvalue weighted by Gasteiger charge is -2.41. The van der Waals surface area contributed by atoms with Crippen molar-refractivity contribution in [1.82, 2.24) is 14.9 Å². The van der Waals surface area contributed by atoms with Crippen LogP contribution in [0.2, 0.25) is 0 Å². The lowest BCUT2D eigenvalue weighted by atomic mass is 9.95. The van der Waals surface area contributed by atoms with Gasteiger partial charge in [0.05, 0.1) is 17.6 Å². The SMILES string of the molecule is Cc1nc(N2CCCC(N3Cc4ccccc4CC3=O)C2)nc2ccc(-c3cccc4c3OCCO4)cc12. The molecule has 38 heavy (non-hydrogen) atoms. The fourth-order valence-corrected chi connectivity index (χ4v) is 6.02. The van der Waals surface area contributed by atoms with Gasteiger partial charge in [-0.25, -0.2) is 9.97 Å². The lowest BCUT2D eigenvalue weighted by Crippen LogP contribution is -2.52. The highest BCUT2D eigenvalue weighted by Crippen LogP contribution is 2.40. The number of hydrogen-bond donors (Lipinski definition) is 0. The van der Waals surface area contributed by atoms with Crippen molar-refractivity contribution in [2.24, 2.45) is 0 Å². The number of carbonyl (C=O) groups is 1. The summed E-state index contributed by atoms with van der Waals surface area (Å²) in [6.07, 6.45) is 2.51. The summed E-state index contributed by atoms with van der Waals surface area (Å²) in [6, 6.07) is 20.8. The minimum atomic E-state index is 0.165. The van der Waals surface area contributed by atoms with E-state index >= 15 is 0 Å². The minimum Gasteiger partial charge on any atom is -0.486 e. The van der Waals surface area contributed by atoms with Gasteiger partial charge in [-0.05, 0) is 54.7 Å². The summed E-state index contributed by atoms with van der Waals surface area (Å²) in [6.45, 7) is 5.50. The van der Waals surface area contributed by atoms with Gasteiger partial charge in [0, 0.05) is 36.6 Å². The highest BCUT2D eigenvalue weighted by molar-refractivity contribution is 5.88. The average Bonchev–Trinajstić information content (AvgIpc) is 2.96. The summed E-state index contributed by atoms with van der Waals surface area (Å²) in [7, 11) is 0. The molecule has 7 nitrogen and oxygen atoms in total. The van der Waals surface area contributed by atoms with Crippen molar-refractivity contribution < 1.29 is 14.3 Å². The van der Waals surface area contributed by atoms with Crippen molar-refractivity contribution in [3.8, 4) is 22.6 Å². The zero-order valence-corrected chi connectivity index (χ0v) is 21.5. The molecular weight excluding hydrogens is 476 g/mol. The van der Waals surface area contributed by atoms with Gasteiger partial charge in [-0.1, -0.05) is 42.5 Å². The monoisotopic (exact) mass is 506 g/mol. The second kappa shape index (κ2) is 9.31. The van der Waals surface area contributed by atoms with E-state index in [-0.39, 0.29) is 11.9 Å². The summed E-state index contributed by atoms with van der Waals surface area (Å²) < 4.78 is 11.7. The van der Waals surface area contributed by atoms with Crippen LogP contribution in [0.4, 0.5) is 5.95 Å². The van der Waals surface area contributed by atoms with Gasteiger partial charge in [0.2, 0.25) is 11.9 Å². The number of amides is 1. The first-order chi connectivity index (χ1) is 18.6. The number of nitrogens with zero attached hydrogens (tertiary/aromatic N) is 4. The number of anilines is 1. The minimum absolute atomic E-state index is 0.165. The third-order valence-corrected chi connectivity index (χ3v) is 7.99. The van der Waals surface area contributed by atoms with E-state index in [1.807, 2.05) is 25.1 Å². The molecule has 0 spiro atoms. The molecule has 0 radical (unpaired) electrons. The molecule has 1 atom stereocenters. The Morgan fingerprint density at radius 3 is 2.74 bits per heavy atom. The number of para-hydroxylation sites is 1. The van der Waals surface area contributed by atoms with Gasteiger partial charge < -0.3 is 19.3 Å². The third kappa shape index (κ3) is 4.02. The number of aryl methyl sites for hydroxylation is 1. The zero-order chi connectivity index (χ0) is 25.6. The van der Waals surface area contributed by atoms with Crippen molar-refractivity contribution in [1.29, 1.82) is 0 Å². The topological polar surface area (TPSA) is 67.8 Å². The maximum absolute atomic E-state index is 13.0. The number of hydrogen-bond acceptors (Lipinski definition) is 6. The molecule has 7 rings (SSSR count). The van der Waals surface area contributed by atoms with E-state index in [0.717, 1.165) is 76.7 Å². The molecule has 1 saturated heterocycles. The smallest absolute Gasteiger partial charge is 0.227 e. The summed E-state index contributed by atoms with van der Waals surface area (Å²) in [5, 5.41) is 1.02. The van der Waals surface area contributed by atoms with E-state index in [4.69, 9.17) is 19.4 Å². The normalized spacial score (nSPS) is 19.0. The third-order valence-electron chi connectivity index (χ3n) is 7.99. The fourth-order valence-electron chi connectivity index (χ4n) is 6.02. The quantitative estimate of drug-likeness (QED) is 0.393. The van der Waals surface area contributed by atoms with Gasteiger partial charge in [0.15, 0.2) is 11.5 Å². The van der Waals surface area contributed by atoms with E-state index in [1.54, 1.807) is 0 Å². The first-order valence-electron chi connectivity index (χ1n) is 13.4. The molecule has 1 amide bonds. The predicted molar refractivity (Wildman–Crippen MR) is 147 cm³/mol. The van der Waals surface area contributed by atoms with Gasteiger partial charge in [0.1, 0.15) is 13.2 Å². The summed E-state index contributed by atoms with van der Waals surface area (Å²) >= 11 is 0. The molecule has 4 aromatic rings. The molecule has 3 aliphatic rings. The van der Waals surface area contributed by atoms with Gasteiger partial charge in [-0.15, -0.1) is 0 Å². The van der Waals surface area contributed by atoms with Gasteiger partial charge >= 0.3 is 0 Å². The van der Waals surface area contributed by atoms with Crippen molar-refractivity contribution in [2.45, 2.75) is 38.8 Å². The van der Waals surface area contributed by atoms with Crippen LogP contribution in [0, 0.1) is 6.92 Å². The number of benzene rings is 3. The maximum atomic E-state index is 13.0. The van der Waals surface area contributed by atoms with Crippen molar-refractivity contribution in [3.05, 3.63) is 77.5 Å². The molecule has 0 bridgehead atoms. The Morgan fingerprint density at radius 2 is 1.82 bits per heavy atom. The fraction of sp³-hybridized carbons (Fsp3) is 0.323. The first-order valence-corrected chi connectivity index (χ1v) is 13.4. The number of carbonyl (C=O) groups excluding carboxylic acids is 1. The Morgan fingerprint density at radius 1 is 0.947 bits per heavy atom. The van der Waals surface area contributed by atoms with Gasteiger partial charge in [-0.3, -0.25) is 4.79 Å². The molecule has 0 aliphatic carbocycles. The highest BCUT2D eigenvalue weighted by atomic mass is 16.6. The van der Waals surface area contributed by atoms with Crippen LogP contribution in [0.5, 0.6) is 11.5 Å². The van der Waals surface area contributed by atoms with E-state index in [0.29, 0.717) is 26.2 Å². The molecule has 192 valence electrons. The van der Waals surface area contributed by atoms with Crippen molar-refractivity contribution in [3.63, 3.8) is 0 Å². The molecule has 3 aromatic carbocycles. The van der Waals surface area contributed by atoms with E-state index in [9.17, 15) is 4.79 Å². The van der Waals surface area contributed by atoms with Crippen LogP contribution in [-0.4, -0.2) is 53.1 Å². The standard InChI is InChI=1S/C31H30N4O3/c1-20-26-16-22(25-9-4-10-28-30(25)38-15-14-37-28)11-12-27(26)33-31(32-20)34-13-5-8-24(19-34)35-18-23-7-3-2-6-21(23)17-29(35)36/h2-4,6-7,9-12,16,24H,5,8,13-15,17-19H2,1H3. The van der Waals surface area contributed by atoms with Crippen LogP contribution in [-0.2, 0) is 17.8 Å². The number of aromatic nitrogens is 2. The average molecular weight is 507 g/mol. The van der Waals surface area contributed by atoms with Crippen LogP contribution < -0.4 is 14.4 Å². The zero-order valence-electron chi connectivity index (χ0n) is 21.5. The second-order valence-corrected chi connectivity index (χ2v) is 10.4. The van der Waals surface area contributed by atoms with Crippen LogP contribution >= 0.6 is 0 Å². The Bertz CT molecular complexity index is 1550.